The molecule has 1 aromatic carbocycles. The van der Waals surface area contributed by atoms with Gasteiger partial charge in [-0.2, -0.15) is 5.26 Å². The van der Waals surface area contributed by atoms with Gasteiger partial charge in [-0.3, -0.25) is 4.79 Å². The standard InChI is InChI=1S/C20H28N2O2/c1-7-20(6,8-2)17(23)16(13-21)18(24)22-15-11-9-14(10-12-15)19(3,4)5/h9-12,23H,7-8H2,1-6H3,(H,22,24)/b17-16-. The fraction of sp³-hybridized carbons (Fsp3) is 0.500. The molecule has 0 saturated heterocycles. The van der Waals surface area contributed by atoms with Gasteiger partial charge in [0.1, 0.15) is 11.8 Å². The summed E-state index contributed by atoms with van der Waals surface area (Å²) >= 11 is 0. The van der Waals surface area contributed by atoms with Gasteiger partial charge in [0.25, 0.3) is 5.91 Å². The van der Waals surface area contributed by atoms with E-state index < -0.39 is 11.3 Å². The summed E-state index contributed by atoms with van der Waals surface area (Å²) in [4.78, 5) is 12.4. The van der Waals surface area contributed by atoms with Crippen molar-refractivity contribution in [2.24, 2.45) is 5.41 Å². The number of nitrogens with zero attached hydrogens (tertiary/aromatic N) is 1. The number of aliphatic hydroxyl groups excluding tert-OH is 1. The molecule has 1 amide bonds. The lowest BCUT2D eigenvalue weighted by atomic mass is 9.80. The van der Waals surface area contributed by atoms with Crippen molar-refractivity contribution < 1.29 is 9.90 Å². The first-order valence-electron chi connectivity index (χ1n) is 8.34. The maximum atomic E-state index is 12.4. The summed E-state index contributed by atoms with van der Waals surface area (Å²) in [5, 5.41) is 22.4. The molecular weight excluding hydrogens is 300 g/mol. The zero-order chi connectivity index (χ0) is 18.5. The molecule has 0 unspecified atom stereocenters. The molecule has 0 radical (unpaired) electrons. The van der Waals surface area contributed by atoms with Gasteiger partial charge in [0.05, 0.1) is 0 Å². The number of carbonyl (C=O) groups is 1. The third-order valence-corrected chi connectivity index (χ3v) is 4.72. The predicted octanol–water partition coefficient (Wildman–Crippen LogP) is 5.08. The summed E-state index contributed by atoms with van der Waals surface area (Å²) in [6.07, 6.45) is 1.29. The normalized spacial score (nSPS) is 13.0. The van der Waals surface area contributed by atoms with Crippen molar-refractivity contribution in [3.63, 3.8) is 0 Å². The average Bonchev–Trinajstić information content (AvgIpc) is 2.54. The number of nitrogens with one attached hydrogen (secondary N) is 1. The van der Waals surface area contributed by atoms with Gasteiger partial charge in [0.15, 0.2) is 5.57 Å². The molecule has 0 heterocycles. The minimum Gasteiger partial charge on any atom is -0.510 e. The van der Waals surface area contributed by atoms with E-state index in [4.69, 9.17) is 0 Å². The molecule has 4 heteroatoms. The average molecular weight is 328 g/mol. The van der Waals surface area contributed by atoms with E-state index in [0.29, 0.717) is 18.5 Å². The van der Waals surface area contributed by atoms with Gasteiger partial charge < -0.3 is 10.4 Å². The molecule has 0 aliphatic heterocycles. The first-order valence-corrected chi connectivity index (χ1v) is 8.34. The number of benzene rings is 1. The van der Waals surface area contributed by atoms with Crippen molar-refractivity contribution in [3.05, 3.63) is 41.2 Å². The highest BCUT2D eigenvalue weighted by molar-refractivity contribution is 6.07. The molecular formula is C20H28N2O2. The Balaban J connectivity index is 3.07. The first kappa shape index (κ1) is 19.8. The molecule has 0 spiro atoms. The second-order valence-corrected chi connectivity index (χ2v) is 7.38. The summed E-state index contributed by atoms with van der Waals surface area (Å²) < 4.78 is 0. The molecule has 1 rings (SSSR count). The number of hydrogen-bond donors (Lipinski definition) is 2. The minimum atomic E-state index is -0.577. The van der Waals surface area contributed by atoms with Crippen LogP contribution in [0.3, 0.4) is 0 Å². The van der Waals surface area contributed by atoms with E-state index in [2.05, 4.69) is 26.1 Å². The molecule has 0 aliphatic carbocycles. The highest BCUT2D eigenvalue weighted by Crippen LogP contribution is 2.34. The topological polar surface area (TPSA) is 73.1 Å². The number of amides is 1. The Bertz CT molecular complexity index is 654. The molecule has 0 saturated carbocycles. The number of carbonyl (C=O) groups excluding carboxylic acids is 1. The first-order chi connectivity index (χ1) is 11.1. The van der Waals surface area contributed by atoms with E-state index in [9.17, 15) is 15.2 Å². The Labute approximate surface area is 145 Å². The van der Waals surface area contributed by atoms with Crippen molar-refractivity contribution in [3.8, 4) is 6.07 Å². The van der Waals surface area contributed by atoms with Crippen molar-refractivity contribution in [1.29, 1.82) is 5.26 Å². The van der Waals surface area contributed by atoms with Crippen molar-refractivity contribution >= 4 is 11.6 Å². The molecule has 0 aliphatic rings. The maximum Gasteiger partial charge on any atom is 0.269 e. The quantitative estimate of drug-likeness (QED) is 0.449. The smallest absolute Gasteiger partial charge is 0.269 e. The molecule has 2 N–H and O–H groups in total. The van der Waals surface area contributed by atoms with Crippen LogP contribution >= 0.6 is 0 Å². The Kier molecular flexibility index (Phi) is 6.20. The van der Waals surface area contributed by atoms with Gasteiger partial charge in [-0.15, -0.1) is 0 Å². The summed E-state index contributed by atoms with van der Waals surface area (Å²) in [6, 6.07) is 9.37. The van der Waals surface area contributed by atoms with Crippen LogP contribution in [0, 0.1) is 16.7 Å². The van der Waals surface area contributed by atoms with Gasteiger partial charge >= 0.3 is 0 Å². The molecule has 0 bridgehead atoms. The van der Waals surface area contributed by atoms with E-state index in [-0.39, 0.29) is 16.7 Å². The van der Waals surface area contributed by atoms with Crippen LogP contribution in [0.5, 0.6) is 0 Å². The number of rotatable bonds is 5. The monoisotopic (exact) mass is 328 g/mol. The van der Waals surface area contributed by atoms with E-state index in [1.807, 2.05) is 51.1 Å². The molecule has 0 fully saturated rings. The second kappa shape index (κ2) is 7.53. The SMILES string of the molecule is CCC(C)(CC)/C(O)=C(\C#N)C(=O)Nc1ccc(C(C)(C)C)cc1. The summed E-state index contributed by atoms with van der Waals surface area (Å²) in [5.74, 6) is -0.717. The van der Waals surface area contributed by atoms with Crippen LogP contribution < -0.4 is 5.32 Å². The van der Waals surface area contributed by atoms with Gasteiger partial charge in [0.2, 0.25) is 0 Å². The fourth-order valence-corrected chi connectivity index (χ4v) is 2.35. The van der Waals surface area contributed by atoms with Crippen molar-refractivity contribution in [2.75, 3.05) is 5.32 Å². The maximum absolute atomic E-state index is 12.4. The van der Waals surface area contributed by atoms with E-state index in [1.165, 1.54) is 0 Å². The fourth-order valence-electron chi connectivity index (χ4n) is 2.35. The molecule has 4 nitrogen and oxygen atoms in total. The van der Waals surface area contributed by atoms with Crippen LogP contribution in [0.15, 0.2) is 35.6 Å². The van der Waals surface area contributed by atoms with Crippen LogP contribution in [0.2, 0.25) is 0 Å². The Morgan fingerprint density at radius 3 is 2.00 bits per heavy atom. The van der Waals surface area contributed by atoms with Gasteiger partial charge in [-0.25, -0.2) is 0 Å². The van der Waals surface area contributed by atoms with Crippen LogP contribution in [0.1, 0.15) is 59.9 Å². The largest absolute Gasteiger partial charge is 0.510 e. The lowest BCUT2D eigenvalue weighted by Crippen LogP contribution is -2.24. The van der Waals surface area contributed by atoms with E-state index in [1.54, 1.807) is 0 Å². The minimum absolute atomic E-state index is 0.0303. The van der Waals surface area contributed by atoms with Crippen LogP contribution in [0.4, 0.5) is 5.69 Å². The van der Waals surface area contributed by atoms with Gasteiger partial charge in [-0.1, -0.05) is 53.7 Å². The number of nitriles is 1. The Morgan fingerprint density at radius 1 is 1.12 bits per heavy atom. The van der Waals surface area contributed by atoms with Crippen molar-refractivity contribution in [2.45, 2.75) is 59.8 Å². The number of allylic oxidation sites excluding steroid dienone is 1. The summed E-state index contributed by atoms with van der Waals surface area (Å²) in [5.41, 5.74) is 0.995. The van der Waals surface area contributed by atoms with Gasteiger partial charge in [-0.05, 0) is 36.0 Å². The highest BCUT2D eigenvalue weighted by Gasteiger charge is 2.30. The molecule has 130 valence electrons. The summed E-state index contributed by atoms with van der Waals surface area (Å²) in [6.45, 7) is 12.1. The molecule has 1 aromatic rings. The van der Waals surface area contributed by atoms with Gasteiger partial charge in [0, 0.05) is 11.1 Å². The molecule has 0 atom stereocenters. The van der Waals surface area contributed by atoms with Crippen LogP contribution in [-0.4, -0.2) is 11.0 Å². The number of hydrogen-bond acceptors (Lipinski definition) is 3. The lowest BCUT2D eigenvalue weighted by molar-refractivity contribution is -0.112. The number of aliphatic hydroxyl groups is 1. The zero-order valence-electron chi connectivity index (χ0n) is 15.5. The predicted molar refractivity (Wildman–Crippen MR) is 97.7 cm³/mol. The van der Waals surface area contributed by atoms with Crippen LogP contribution in [0.25, 0.3) is 0 Å². The van der Waals surface area contributed by atoms with E-state index >= 15 is 0 Å². The molecule has 0 aromatic heterocycles. The second-order valence-electron chi connectivity index (χ2n) is 7.38. The highest BCUT2D eigenvalue weighted by atomic mass is 16.3. The Morgan fingerprint density at radius 2 is 1.62 bits per heavy atom. The summed E-state index contributed by atoms with van der Waals surface area (Å²) in [7, 11) is 0. The third kappa shape index (κ3) is 4.38. The zero-order valence-corrected chi connectivity index (χ0v) is 15.5. The Hall–Kier alpha value is -2.28. The van der Waals surface area contributed by atoms with E-state index in [0.717, 1.165) is 5.56 Å². The van der Waals surface area contributed by atoms with Crippen molar-refractivity contribution in [1.82, 2.24) is 0 Å². The third-order valence-electron chi connectivity index (χ3n) is 4.72. The molecule has 24 heavy (non-hydrogen) atoms. The lowest BCUT2D eigenvalue weighted by Gasteiger charge is -2.26. The number of anilines is 1. The van der Waals surface area contributed by atoms with Crippen LogP contribution in [-0.2, 0) is 10.2 Å².